The van der Waals surface area contributed by atoms with Gasteiger partial charge in [-0.1, -0.05) is 91.0 Å². The average Bonchev–Trinajstić information content (AvgIpc) is 3.90. The lowest BCUT2D eigenvalue weighted by molar-refractivity contribution is 0.574. The maximum absolute atomic E-state index is 5.68. The first-order chi connectivity index (χ1) is 23.8. The predicted octanol–water partition coefficient (Wildman–Crippen LogP) is 10.8. The summed E-state index contributed by atoms with van der Waals surface area (Å²) in [4.78, 5) is 18.6. The van der Waals surface area contributed by atoms with Crippen molar-refractivity contribution in [2.45, 2.75) is 0 Å². The van der Waals surface area contributed by atoms with Crippen LogP contribution in [0.25, 0.3) is 89.2 Å². The van der Waals surface area contributed by atoms with Gasteiger partial charge in [0.05, 0.1) is 23.8 Å². The number of pyridine rings is 2. The fourth-order valence-electron chi connectivity index (χ4n) is 6.63. The molecule has 0 bridgehead atoms. The van der Waals surface area contributed by atoms with Gasteiger partial charge in [-0.3, -0.25) is 9.97 Å². The highest BCUT2D eigenvalue weighted by Crippen LogP contribution is 2.45. The van der Waals surface area contributed by atoms with Crippen molar-refractivity contribution in [2.75, 3.05) is 0 Å². The zero-order valence-corrected chi connectivity index (χ0v) is 25.6. The van der Waals surface area contributed by atoms with Gasteiger partial charge in [-0.2, -0.15) is 0 Å². The fraction of sp³-hybridized carbons (Fsp3) is 0. The van der Waals surface area contributed by atoms with Crippen LogP contribution in [-0.4, -0.2) is 19.9 Å². The third-order valence-corrected chi connectivity index (χ3v) is 8.74. The van der Waals surface area contributed by atoms with Gasteiger partial charge in [0.2, 0.25) is 11.8 Å². The summed E-state index contributed by atoms with van der Waals surface area (Å²) in [6.45, 7) is 0. The highest BCUT2D eigenvalue weighted by molar-refractivity contribution is 6.21. The molecule has 9 aromatic rings. The van der Waals surface area contributed by atoms with E-state index in [0.29, 0.717) is 11.8 Å². The smallest absolute Gasteiger partial charge is 0.225 e. The maximum Gasteiger partial charge on any atom is 0.225 e. The zero-order chi connectivity index (χ0) is 31.9. The van der Waals surface area contributed by atoms with Gasteiger partial charge in [0.25, 0.3) is 0 Å². The van der Waals surface area contributed by atoms with Crippen molar-refractivity contribution in [1.29, 1.82) is 0 Å². The molecule has 6 nitrogen and oxygen atoms in total. The van der Waals surface area contributed by atoms with Crippen LogP contribution in [0.1, 0.15) is 0 Å². The molecule has 9 rings (SSSR count). The standard InChI is InChI=1S/C42H26N4O2/c1-2-8-27(9-3-1)31-10-4-5-11-32(31)28-14-15-35-36(24-28)40(38-26-30(17-19-44-38)42-46-21-23-48-42)34-13-7-6-12-33(34)39(35)37-25-29(16-18-43-37)41-45-20-22-47-41/h1-26H. The third kappa shape index (κ3) is 4.75. The lowest BCUT2D eigenvalue weighted by Crippen LogP contribution is -1.95. The minimum atomic E-state index is 0.550. The van der Waals surface area contributed by atoms with Crippen molar-refractivity contribution in [2.24, 2.45) is 0 Å². The molecule has 0 amide bonds. The van der Waals surface area contributed by atoms with E-state index >= 15 is 0 Å². The van der Waals surface area contributed by atoms with Crippen LogP contribution in [0.4, 0.5) is 0 Å². The highest BCUT2D eigenvalue weighted by atomic mass is 16.3. The second kappa shape index (κ2) is 11.6. The lowest BCUT2D eigenvalue weighted by atomic mass is 9.86. The molecule has 4 heterocycles. The Morgan fingerprint density at radius 1 is 0.354 bits per heavy atom. The van der Waals surface area contributed by atoms with Crippen molar-refractivity contribution < 1.29 is 8.83 Å². The van der Waals surface area contributed by atoms with Crippen molar-refractivity contribution in [3.05, 3.63) is 159 Å². The Bertz CT molecular complexity index is 2560. The Morgan fingerprint density at radius 3 is 1.46 bits per heavy atom. The predicted molar refractivity (Wildman–Crippen MR) is 190 cm³/mol. The van der Waals surface area contributed by atoms with E-state index in [1.54, 1.807) is 24.9 Å². The number of fused-ring (bicyclic) bond motifs is 2. The van der Waals surface area contributed by atoms with Gasteiger partial charge in [-0.15, -0.1) is 0 Å². The summed E-state index contributed by atoms with van der Waals surface area (Å²) in [5.74, 6) is 1.10. The average molecular weight is 619 g/mol. The first kappa shape index (κ1) is 27.6. The van der Waals surface area contributed by atoms with Crippen molar-refractivity contribution >= 4 is 21.5 Å². The van der Waals surface area contributed by atoms with E-state index in [9.17, 15) is 0 Å². The third-order valence-electron chi connectivity index (χ3n) is 8.74. The van der Waals surface area contributed by atoms with Crippen molar-refractivity contribution in [3.8, 4) is 67.7 Å². The molecule has 0 spiro atoms. The SMILES string of the molecule is c1ccc(-c2ccccc2-c2ccc3c(-c4cc(-c5ncco5)ccn4)c4ccccc4c(-c4cc(-c5ncco5)ccn4)c3c2)cc1. The number of oxazole rings is 2. The van der Waals surface area contributed by atoms with Crippen LogP contribution in [-0.2, 0) is 0 Å². The molecule has 0 aliphatic carbocycles. The van der Waals surface area contributed by atoms with Gasteiger partial charge in [0.1, 0.15) is 12.5 Å². The summed E-state index contributed by atoms with van der Waals surface area (Å²) in [5.41, 5.74) is 10.0. The first-order valence-electron chi connectivity index (χ1n) is 15.7. The first-order valence-corrected chi connectivity index (χ1v) is 15.7. The Morgan fingerprint density at radius 2 is 0.875 bits per heavy atom. The molecule has 0 unspecified atom stereocenters. The topological polar surface area (TPSA) is 77.8 Å². The van der Waals surface area contributed by atoms with E-state index in [1.165, 1.54) is 11.1 Å². The van der Waals surface area contributed by atoms with Crippen molar-refractivity contribution in [1.82, 2.24) is 19.9 Å². The van der Waals surface area contributed by atoms with Crippen LogP contribution >= 0.6 is 0 Å². The van der Waals surface area contributed by atoms with Crippen LogP contribution in [0, 0.1) is 0 Å². The number of rotatable bonds is 6. The van der Waals surface area contributed by atoms with E-state index in [-0.39, 0.29) is 0 Å². The molecule has 226 valence electrons. The van der Waals surface area contributed by atoms with E-state index in [2.05, 4.69) is 107 Å². The molecule has 0 saturated heterocycles. The minimum Gasteiger partial charge on any atom is -0.445 e. The number of aromatic nitrogens is 4. The molecule has 0 fully saturated rings. The highest BCUT2D eigenvalue weighted by Gasteiger charge is 2.21. The Labute approximate surface area is 276 Å². The van der Waals surface area contributed by atoms with Crippen LogP contribution < -0.4 is 0 Å². The Hall–Kier alpha value is -6.66. The number of hydrogen-bond acceptors (Lipinski definition) is 6. The van der Waals surface area contributed by atoms with Gasteiger partial charge in [0, 0.05) is 34.6 Å². The molecule has 48 heavy (non-hydrogen) atoms. The van der Waals surface area contributed by atoms with Gasteiger partial charge in [0.15, 0.2) is 0 Å². The summed E-state index contributed by atoms with van der Waals surface area (Å²) < 4.78 is 11.3. The summed E-state index contributed by atoms with van der Waals surface area (Å²) in [7, 11) is 0. The molecular formula is C42H26N4O2. The summed E-state index contributed by atoms with van der Waals surface area (Å²) in [6, 6.07) is 42.2. The normalized spacial score (nSPS) is 11.3. The van der Waals surface area contributed by atoms with E-state index in [4.69, 9.17) is 18.8 Å². The quantitative estimate of drug-likeness (QED) is 0.173. The number of benzene rings is 5. The van der Waals surface area contributed by atoms with Gasteiger partial charge in [-0.25, -0.2) is 9.97 Å². The second-order valence-electron chi connectivity index (χ2n) is 11.5. The molecule has 0 aliphatic heterocycles. The van der Waals surface area contributed by atoms with Gasteiger partial charge in [-0.05, 0) is 74.1 Å². The van der Waals surface area contributed by atoms with Crippen LogP contribution in [0.15, 0.2) is 167 Å². The molecule has 6 heteroatoms. The Kier molecular flexibility index (Phi) is 6.68. The zero-order valence-electron chi connectivity index (χ0n) is 25.6. The maximum atomic E-state index is 5.68. The van der Waals surface area contributed by atoms with Crippen LogP contribution in [0.2, 0.25) is 0 Å². The minimum absolute atomic E-state index is 0.550. The van der Waals surface area contributed by atoms with Gasteiger partial charge < -0.3 is 8.83 Å². The monoisotopic (exact) mass is 618 g/mol. The molecule has 0 atom stereocenters. The fourth-order valence-corrected chi connectivity index (χ4v) is 6.63. The summed E-state index contributed by atoms with van der Waals surface area (Å²) >= 11 is 0. The summed E-state index contributed by atoms with van der Waals surface area (Å²) in [5, 5.41) is 4.25. The Balaban J connectivity index is 1.36. The number of nitrogens with zero attached hydrogens (tertiary/aromatic N) is 4. The largest absolute Gasteiger partial charge is 0.445 e. The molecule has 0 N–H and O–H groups in total. The number of hydrogen-bond donors (Lipinski definition) is 0. The summed E-state index contributed by atoms with van der Waals surface area (Å²) in [6.07, 6.45) is 10.1. The van der Waals surface area contributed by atoms with Crippen LogP contribution in [0.3, 0.4) is 0 Å². The molecule has 5 aromatic carbocycles. The molecule has 0 radical (unpaired) electrons. The van der Waals surface area contributed by atoms with E-state index in [1.807, 2.05) is 36.7 Å². The lowest BCUT2D eigenvalue weighted by Gasteiger charge is -2.19. The van der Waals surface area contributed by atoms with Crippen LogP contribution in [0.5, 0.6) is 0 Å². The van der Waals surface area contributed by atoms with Gasteiger partial charge >= 0.3 is 0 Å². The van der Waals surface area contributed by atoms with E-state index < -0.39 is 0 Å². The molecule has 4 aromatic heterocycles. The molecule has 0 saturated carbocycles. The molecule has 0 aliphatic rings. The second-order valence-corrected chi connectivity index (χ2v) is 11.5. The van der Waals surface area contributed by atoms with Crippen molar-refractivity contribution in [3.63, 3.8) is 0 Å². The van der Waals surface area contributed by atoms with E-state index in [0.717, 1.165) is 66.3 Å². The molecular weight excluding hydrogens is 592 g/mol.